The summed E-state index contributed by atoms with van der Waals surface area (Å²) in [6, 6.07) is 3.28. The summed E-state index contributed by atoms with van der Waals surface area (Å²) in [6.45, 7) is 3.88. The summed E-state index contributed by atoms with van der Waals surface area (Å²) >= 11 is 5.80. The maximum Gasteiger partial charge on any atom is 0.282 e. The van der Waals surface area contributed by atoms with Crippen molar-refractivity contribution >= 4 is 33.5 Å². The molecule has 1 aromatic heterocycles. The van der Waals surface area contributed by atoms with E-state index >= 15 is 0 Å². The smallest absolute Gasteiger partial charge is 0.282 e. The number of rotatable bonds is 4. The van der Waals surface area contributed by atoms with Crippen LogP contribution in [0.5, 0.6) is 0 Å². The fourth-order valence-electron chi connectivity index (χ4n) is 3.56. The van der Waals surface area contributed by atoms with Crippen LogP contribution in [0.25, 0.3) is 0 Å². The zero-order chi connectivity index (χ0) is 18.7. The monoisotopic (exact) mass is 400 g/mol. The van der Waals surface area contributed by atoms with Gasteiger partial charge in [-0.3, -0.25) is 4.79 Å². The minimum absolute atomic E-state index is 0.202. The van der Waals surface area contributed by atoms with E-state index in [2.05, 4.69) is 17.2 Å². The third-order valence-corrected chi connectivity index (χ3v) is 7.20. The first kappa shape index (κ1) is 19.5. The lowest BCUT2D eigenvalue weighted by molar-refractivity contribution is -0.120. The van der Waals surface area contributed by atoms with Crippen LogP contribution in [0.4, 0.5) is 5.82 Å². The Kier molecular flexibility index (Phi) is 6.17. The third kappa shape index (κ3) is 4.54. The Hall–Kier alpha value is -1.22. The van der Waals surface area contributed by atoms with Gasteiger partial charge in [0.15, 0.2) is 0 Å². The molecular formula is C17H25ClN4O3S. The lowest BCUT2D eigenvalue weighted by Crippen LogP contribution is -2.51. The van der Waals surface area contributed by atoms with Crippen LogP contribution in [0, 0.1) is 11.8 Å². The van der Waals surface area contributed by atoms with Gasteiger partial charge in [0, 0.05) is 32.4 Å². The van der Waals surface area contributed by atoms with Gasteiger partial charge in [-0.2, -0.15) is 17.0 Å². The van der Waals surface area contributed by atoms with Gasteiger partial charge in [0.25, 0.3) is 10.2 Å². The number of hydrogen-bond acceptors (Lipinski definition) is 4. The van der Waals surface area contributed by atoms with Gasteiger partial charge in [0.05, 0.1) is 10.9 Å². The van der Waals surface area contributed by atoms with E-state index in [1.807, 2.05) is 0 Å². The van der Waals surface area contributed by atoms with Crippen LogP contribution >= 0.6 is 11.6 Å². The second-order valence-electron chi connectivity index (χ2n) is 7.16. The molecule has 7 nitrogen and oxygen atoms in total. The molecule has 2 fully saturated rings. The molecule has 9 heteroatoms. The molecule has 1 aromatic rings. The summed E-state index contributed by atoms with van der Waals surface area (Å²) in [7, 11) is -3.51. The quantitative estimate of drug-likeness (QED) is 0.841. The van der Waals surface area contributed by atoms with Gasteiger partial charge >= 0.3 is 0 Å². The van der Waals surface area contributed by atoms with Crippen molar-refractivity contribution in [3.63, 3.8) is 0 Å². The van der Waals surface area contributed by atoms with Gasteiger partial charge in [-0.15, -0.1) is 0 Å². The predicted octanol–water partition coefficient (Wildman–Crippen LogP) is 2.36. The molecule has 2 atom stereocenters. The van der Waals surface area contributed by atoms with E-state index in [1.165, 1.54) is 10.5 Å². The molecule has 0 aromatic carbocycles. The van der Waals surface area contributed by atoms with Gasteiger partial charge in [-0.05, 0) is 43.7 Å². The van der Waals surface area contributed by atoms with E-state index < -0.39 is 10.2 Å². The van der Waals surface area contributed by atoms with E-state index in [0.29, 0.717) is 49.2 Å². The predicted molar refractivity (Wildman–Crippen MR) is 101 cm³/mol. The molecule has 0 saturated carbocycles. The number of carbonyl (C=O) groups excluding carboxylic acids is 1. The minimum Gasteiger partial charge on any atom is -0.310 e. The Morgan fingerprint density at radius 3 is 2.54 bits per heavy atom. The lowest BCUT2D eigenvalue weighted by Gasteiger charge is -2.37. The number of hydrogen-bond donors (Lipinski definition) is 1. The molecule has 1 N–H and O–H groups in total. The van der Waals surface area contributed by atoms with Crippen molar-refractivity contribution in [2.45, 2.75) is 32.6 Å². The van der Waals surface area contributed by atoms with E-state index in [-0.39, 0.29) is 18.4 Å². The molecule has 2 aliphatic rings. The first-order valence-corrected chi connectivity index (χ1v) is 10.8. The van der Waals surface area contributed by atoms with Gasteiger partial charge in [-0.25, -0.2) is 4.98 Å². The summed E-state index contributed by atoms with van der Waals surface area (Å²) in [5.74, 6) is 0.215. The number of carbonyl (C=O) groups is 1. The molecule has 26 heavy (non-hydrogen) atoms. The molecule has 3 heterocycles. The average Bonchev–Trinajstić information content (AvgIpc) is 2.63. The second-order valence-corrected chi connectivity index (χ2v) is 9.53. The summed E-state index contributed by atoms with van der Waals surface area (Å²) in [6.07, 6.45) is 4.76. The second kappa shape index (κ2) is 8.21. The van der Waals surface area contributed by atoms with Crippen molar-refractivity contribution in [3.8, 4) is 0 Å². The molecule has 2 saturated heterocycles. The topological polar surface area (TPSA) is 82.6 Å². The van der Waals surface area contributed by atoms with Crippen LogP contribution < -0.4 is 5.32 Å². The standard InChI is InChI=1S/C17H25ClN4O3S/c1-13-4-2-8-21(11-13)26(24,25)22-9-3-5-14(12-22)17(23)20-16-7-6-15(18)10-19-16/h6-7,10,13-14H,2-5,8-9,11-12H2,1H3,(H,19,20,23). The van der Waals surface area contributed by atoms with Crippen molar-refractivity contribution in [3.05, 3.63) is 23.4 Å². The third-order valence-electron chi connectivity index (χ3n) is 5.01. The summed E-state index contributed by atoms with van der Waals surface area (Å²) in [5, 5.41) is 3.25. The molecule has 144 valence electrons. The van der Waals surface area contributed by atoms with Crippen molar-refractivity contribution in [2.24, 2.45) is 11.8 Å². The Bertz CT molecular complexity index is 741. The summed E-state index contributed by atoms with van der Waals surface area (Å²) < 4.78 is 28.9. The highest BCUT2D eigenvalue weighted by Crippen LogP contribution is 2.25. The van der Waals surface area contributed by atoms with E-state index in [4.69, 9.17) is 11.6 Å². The molecule has 0 radical (unpaired) electrons. The first-order chi connectivity index (χ1) is 12.4. The Morgan fingerprint density at radius 1 is 1.19 bits per heavy atom. The highest BCUT2D eigenvalue weighted by atomic mass is 35.5. The van der Waals surface area contributed by atoms with Gasteiger partial charge < -0.3 is 5.32 Å². The lowest BCUT2D eigenvalue weighted by atomic mass is 9.99. The Labute approximate surface area is 159 Å². The SMILES string of the molecule is CC1CCCN(S(=O)(=O)N2CCCC(C(=O)Nc3ccc(Cl)cn3)C2)C1. The fraction of sp³-hybridized carbons (Fsp3) is 0.647. The molecule has 1 amide bonds. The highest BCUT2D eigenvalue weighted by molar-refractivity contribution is 7.86. The Balaban J connectivity index is 1.64. The van der Waals surface area contributed by atoms with E-state index in [0.717, 1.165) is 12.8 Å². The number of aromatic nitrogens is 1. The van der Waals surface area contributed by atoms with E-state index in [1.54, 1.807) is 16.4 Å². The fourth-order valence-corrected chi connectivity index (χ4v) is 5.53. The Morgan fingerprint density at radius 2 is 1.88 bits per heavy atom. The molecule has 2 aliphatic heterocycles. The molecular weight excluding hydrogens is 376 g/mol. The van der Waals surface area contributed by atoms with Gasteiger partial charge in [0.2, 0.25) is 5.91 Å². The van der Waals surface area contributed by atoms with Crippen molar-refractivity contribution in [2.75, 3.05) is 31.5 Å². The number of pyridine rings is 1. The van der Waals surface area contributed by atoms with Crippen LogP contribution in [0.2, 0.25) is 5.02 Å². The minimum atomic E-state index is -3.51. The van der Waals surface area contributed by atoms with Crippen LogP contribution in [0.3, 0.4) is 0 Å². The zero-order valence-corrected chi connectivity index (χ0v) is 16.5. The number of halogens is 1. The molecule has 3 rings (SSSR count). The normalized spacial score (nSPS) is 25.8. The van der Waals surface area contributed by atoms with Crippen LogP contribution in [0.15, 0.2) is 18.3 Å². The first-order valence-electron chi connectivity index (χ1n) is 9.04. The van der Waals surface area contributed by atoms with Crippen molar-refractivity contribution in [1.82, 2.24) is 13.6 Å². The molecule has 0 bridgehead atoms. The van der Waals surface area contributed by atoms with Crippen molar-refractivity contribution in [1.29, 1.82) is 0 Å². The highest BCUT2D eigenvalue weighted by Gasteiger charge is 2.37. The number of amides is 1. The van der Waals surface area contributed by atoms with Crippen LogP contribution in [-0.4, -0.2) is 54.1 Å². The largest absolute Gasteiger partial charge is 0.310 e. The molecule has 0 aliphatic carbocycles. The molecule has 0 spiro atoms. The number of nitrogens with zero attached hydrogens (tertiary/aromatic N) is 3. The van der Waals surface area contributed by atoms with Gasteiger partial charge in [0.1, 0.15) is 5.82 Å². The zero-order valence-electron chi connectivity index (χ0n) is 14.9. The summed E-state index contributed by atoms with van der Waals surface area (Å²) in [4.78, 5) is 16.6. The summed E-state index contributed by atoms with van der Waals surface area (Å²) in [5.41, 5.74) is 0. The van der Waals surface area contributed by atoms with E-state index in [9.17, 15) is 13.2 Å². The van der Waals surface area contributed by atoms with Gasteiger partial charge in [-0.1, -0.05) is 18.5 Å². The average molecular weight is 401 g/mol. The van der Waals surface area contributed by atoms with Crippen LogP contribution in [0.1, 0.15) is 32.6 Å². The maximum atomic E-state index is 12.9. The molecule has 2 unspecified atom stereocenters. The maximum absolute atomic E-state index is 12.9. The number of nitrogens with one attached hydrogen (secondary N) is 1. The number of piperidine rings is 2. The van der Waals surface area contributed by atoms with Crippen LogP contribution in [-0.2, 0) is 15.0 Å². The number of anilines is 1. The van der Waals surface area contributed by atoms with Crippen molar-refractivity contribution < 1.29 is 13.2 Å².